The number of aryl methyl sites for hydroxylation is 2. The van der Waals surface area contributed by atoms with Gasteiger partial charge in [-0.1, -0.05) is 19.9 Å². The van der Waals surface area contributed by atoms with Gasteiger partial charge in [-0.25, -0.2) is 4.79 Å². The van der Waals surface area contributed by atoms with Crippen molar-refractivity contribution >= 4 is 11.0 Å². The Bertz CT molecular complexity index is 619. The largest absolute Gasteiger partial charge is 0.330 e. The fourth-order valence-corrected chi connectivity index (χ4v) is 2.05. The van der Waals surface area contributed by atoms with Gasteiger partial charge in [-0.3, -0.25) is 9.13 Å². The smallest absolute Gasteiger partial charge is 0.328 e. The quantitative estimate of drug-likeness (QED) is 0.845. The molecule has 0 atom stereocenters. The summed E-state index contributed by atoms with van der Waals surface area (Å²) in [7, 11) is 3.59. The summed E-state index contributed by atoms with van der Waals surface area (Å²) in [6.07, 6.45) is 0. The van der Waals surface area contributed by atoms with Crippen LogP contribution in [0.15, 0.2) is 23.0 Å². The predicted octanol–water partition coefficient (Wildman–Crippen LogP) is 1.11. The van der Waals surface area contributed by atoms with Crippen molar-refractivity contribution in [2.24, 2.45) is 19.8 Å². The summed E-state index contributed by atoms with van der Waals surface area (Å²) in [5.41, 5.74) is 8.78. The molecule has 0 aliphatic heterocycles. The highest BCUT2D eigenvalue weighted by Crippen LogP contribution is 2.25. The number of nitrogens with two attached hydrogens (primary N) is 1. The Labute approximate surface area is 101 Å². The lowest BCUT2D eigenvalue weighted by Gasteiger charge is -2.23. The van der Waals surface area contributed by atoms with Crippen molar-refractivity contribution in [1.29, 1.82) is 0 Å². The van der Waals surface area contributed by atoms with Crippen molar-refractivity contribution in [1.82, 2.24) is 9.13 Å². The second-order valence-electron chi connectivity index (χ2n) is 5.19. The minimum absolute atomic E-state index is 0.00250. The normalized spacial score (nSPS) is 12.3. The van der Waals surface area contributed by atoms with Crippen LogP contribution in [0.25, 0.3) is 11.0 Å². The zero-order chi connectivity index (χ0) is 12.8. The first-order valence-corrected chi connectivity index (χ1v) is 5.74. The van der Waals surface area contributed by atoms with E-state index in [0.717, 1.165) is 16.6 Å². The summed E-state index contributed by atoms with van der Waals surface area (Å²) < 4.78 is 3.33. The molecule has 1 aromatic heterocycles. The molecule has 4 heteroatoms. The van der Waals surface area contributed by atoms with Crippen LogP contribution in [0.5, 0.6) is 0 Å². The topological polar surface area (TPSA) is 53.0 Å². The first-order chi connectivity index (χ1) is 7.88. The summed E-state index contributed by atoms with van der Waals surface area (Å²) in [6.45, 7) is 4.80. The van der Waals surface area contributed by atoms with Gasteiger partial charge in [-0.15, -0.1) is 0 Å². The summed E-state index contributed by atoms with van der Waals surface area (Å²) in [6, 6.07) is 6.10. The standard InChI is InChI=1S/C13H19N3O/c1-13(2,8-14)9-5-6-10-11(7-9)16(4)12(17)15(10)3/h5-7H,8,14H2,1-4H3. The second kappa shape index (κ2) is 3.74. The first kappa shape index (κ1) is 11.9. The molecule has 4 nitrogen and oxygen atoms in total. The number of benzene rings is 1. The molecule has 0 saturated heterocycles. The molecule has 2 aromatic rings. The Balaban J connectivity index is 2.75. The lowest BCUT2D eigenvalue weighted by atomic mass is 9.85. The molecule has 0 aliphatic carbocycles. The summed E-state index contributed by atoms with van der Waals surface area (Å²) in [5, 5.41) is 0. The number of nitrogens with zero attached hydrogens (tertiary/aromatic N) is 2. The lowest BCUT2D eigenvalue weighted by Crippen LogP contribution is -2.28. The number of aromatic nitrogens is 2. The van der Waals surface area contributed by atoms with Gasteiger partial charge in [0, 0.05) is 26.1 Å². The molecule has 0 radical (unpaired) electrons. The highest BCUT2D eigenvalue weighted by Gasteiger charge is 2.20. The third-order valence-electron chi connectivity index (χ3n) is 3.56. The predicted molar refractivity (Wildman–Crippen MR) is 70.2 cm³/mol. The Morgan fingerprint density at radius 1 is 1.18 bits per heavy atom. The van der Waals surface area contributed by atoms with Crippen molar-refractivity contribution in [2.75, 3.05) is 6.54 Å². The minimum atomic E-state index is -0.0694. The monoisotopic (exact) mass is 233 g/mol. The van der Waals surface area contributed by atoms with E-state index in [2.05, 4.69) is 26.0 Å². The van der Waals surface area contributed by atoms with Gasteiger partial charge < -0.3 is 5.73 Å². The minimum Gasteiger partial charge on any atom is -0.330 e. The van der Waals surface area contributed by atoms with Crippen LogP contribution < -0.4 is 11.4 Å². The van der Waals surface area contributed by atoms with E-state index in [1.54, 1.807) is 23.2 Å². The van der Waals surface area contributed by atoms with Crippen LogP contribution in [0.1, 0.15) is 19.4 Å². The average Bonchev–Trinajstić information content (AvgIpc) is 2.54. The van der Waals surface area contributed by atoms with Gasteiger partial charge in [0.2, 0.25) is 0 Å². The molecule has 0 amide bonds. The van der Waals surface area contributed by atoms with Crippen LogP contribution in [0, 0.1) is 0 Å². The molecule has 2 N–H and O–H groups in total. The van der Waals surface area contributed by atoms with Gasteiger partial charge in [-0.05, 0) is 17.7 Å². The molecule has 0 fully saturated rings. The maximum Gasteiger partial charge on any atom is 0.328 e. The van der Waals surface area contributed by atoms with Crippen molar-refractivity contribution in [3.8, 4) is 0 Å². The lowest BCUT2D eigenvalue weighted by molar-refractivity contribution is 0.539. The Morgan fingerprint density at radius 3 is 2.35 bits per heavy atom. The van der Waals surface area contributed by atoms with Gasteiger partial charge >= 0.3 is 5.69 Å². The van der Waals surface area contributed by atoms with Gasteiger partial charge in [0.1, 0.15) is 0 Å². The SMILES string of the molecule is Cn1c(=O)n(C)c2cc(C(C)(C)CN)ccc21. The molecule has 1 heterocycles. The Kier molecular flexibility index (Phi) is 2.62. The third-order valence-corrected chi connectivity index (χ3v) is 3.56. The average molecular weight is 233 g/mol. The first-order valence-electron chi connectivity index (χ1n) is 5.74. The van der Waals surface area contributed by atoms with E-state index in [-0.39, 0.29) is 11.1 Å². The molecule has 0 saturated carbocycles. The van der Waals surface area contributed by atoms with Crippen LogP contribution in [0.3, 0.4) is 0 Å². The zero-order valence-corrected chi connectivity index (χ0v) is 10.8. The summed E-state index contributed by atoms with van der Waals surface area (Å²) in [4.78, 5) is 11.8. The van der Waals surface area contributed by atoms with Crippen molar-refractivity contribution in [2.45, 2.75) is 19.3 Å². The molecule has 0 bridgehead atoms. The number of imidazole rings is 1. The van der Waals surface area contributed by atoms with E-state index in [4.69, 9.17) is 5.73 Å². The molecule has 0 aliphatic rings. The van der Waals surface area contributed by atoms with Crippen LogP contribution in [-0.2, 0) is 19.5 Å². The molecular weight excluding hydrogens is 214 g/mol. The molecule has 2 rings (SSSR count). The molecule has 0 spiro atoms. The molecular formula is C13H19N3O. The van der Waals surface area contributed by atoms with Crippen molar-refractivity contribution in [3.05, 3.63) is 34.2 Å². The molecule has 92 valence electrons. The van der Waals surface area contributed by atoms with Crippen LogP contribution >= 0.6 is 0 Å². The summed E-state index contributed by atoms with van der Waals surface area (Å²) in [5.74, 6) is 0. The van der Waals surface area contributed by atoms with Gasteiger partial charge in [0.05, 0.1) is 11.0 Å². The van der Waals surface area contributed by atoms with Gasteiger partial charge in [0.15, 0.2) is 0 Å². The van der Waals surface area contributed by atoms with E-state index >= 15 is 0 Å². The number of hydrogen-bond donors (Lipinski definition) is 1. The number of rotatable bonds is 2. The number of hydrogen-bond acceptors (Lipinski definition) is 2. The summed E-state index contributed by atoms with van der Waals surface area (Å²) >= 11 is 0. The van der Waals surface area contributed by atoms with E-state index < -0.39 is 0 Å². The van der Waals surface area contributed by atoms with Crippen molar-refractivity contribution < 1.29 is 0 Å². The fraction of sp³-hybridized carbons (Fsp3) is 0.462. The Morgan fingerprint density at radius 2 is 1.76 bits per heavy atom. The van der Waals surface area contributed by atoms with Crippen LogP contribution in [0.4, 0.5) is 0 Å². The number of fused-ring (bicyclic) bond motifs is 1. The second-order valence-corrected chi connectivity index (χ2v) is 5.19. The van der Waals surface area contributed by atoms with Gasteiger partial charge in [-0.2, -0.15) is 0 Å². The van der Waals surface area contributed by atoms with E-state index in [0.29, 0.717) is 6.54 Å². The zero-order valence-electron chi connectivity index (χ0n) is 10.8. The molecule has 1 aromatic carbocycles. The highest BCUT2D eigenvalue weighted by atomic mass is 16.1. The van der Waals surface area contributed by atoms with Crippen LogP contribution in [0.2, 0.25) is 0 Å². The third kappa shape index (κ3) is 1.69. The van der Waals surface area contributed by atoms with Gasteiger partial charge in [0.25, 0.3) is 0 Å². The molecule has 17 heavy (non-hydrogen) atoms. The van der Waals surface area contributed by atoms with Crippen molar-refractivity contribution in [3.63, 3.8) is 0 Å². The van der Waals surface area contributed by atoms with E-state index in [1.807, 2.05) is 6.07 Å². The maximum atomic E-state index is 11.8. The van der Waals surface area contributed by atoms with Crippen LogP contribution in [-0.4, -0.2) is 15.7 Å². The Hall–Kier alpha value is -1.55. The fourth-order valence-electron chi connectivity index (χ4n) is 2.05. The highest BCUT2D eigenvalue weighted by molar-refractivity contribution is 5.77. The van der Waals surface area contributed by atoms with E-state index in [9.17, 15) is 4.79 Å². The maximum absolute atomic E-state index is 11.8. The molecule has 0 unspecified atom stereocenters. The van der Waals surface area contributed by atoms with E-state index in [1.165, 1.54) is 0 Å².